The molecule has 29 heavy (non-hydrogen) atoms. The predicted molar refractivity (Wildman–Crippen MR) is 99.0 cm³/mol. The van der Waals surface area contributed by atoms with Gasteiger partial charge in [-0.05, 0) is 6.07 Å². The summed E-state index contributed by atoms with van der Waals surface area (Å²) in [6.07, 6.45) is -0.560. The minimum Gasteiger partial charge on any atom is -0.481 e. The fourth-order valence-electron chi connectivity index (χ4n) is 3.01. The summed E-state index contributed by atoms with van der Waals surface area (Å²) in [5, 5.41) is 8.13. The standard InChI is InChI=1S/C18H10F4N2O3S2/c19-7-1-9(21)16-11(3-7)23-14(29-16)6-24-12-4-8(20)2-10(22)17(12)28-13(18(24)27)5-15(25)26/h1-4,13H,5-6H2,(H,25,26). The Morgan fingerprint density at radius 2 is 1.79 bits per heavy atom. The average Bonchev–Trinajstić information content (AvgIpc) is 3.02. The molecule has 4 rings (SSSR count). The zero-order valence-corrected chi connectivity index (χ0v) is 15.9. The van der Waals surface area contributed by atoms with Crippen molar-refractivity contribution in [3.8, 4) is 0 Å². The van der Waals surface area contributed by atoms with Gasteiger partial charge in [-0.25, -0.2) is 22.5 Å². The molecule has 2 heterocycles. The summed E-state index contributed by atoms with van der Waals surface area (Å²) in [6, 6.07) is 3.35. The molecule has 0 radical (unpaired) electrons. The third-order valence-electron chi connectivity index (χ3n) is 4.19. The fraction of sp³-hybridized carbons (Fsp3) is 0.167. The van der Waals surface area contributed by atoms with Crippen LogP contribution in [0.1, 0.15) is 11.4 Å². The highest BCUT2D eigenvalue weighted by Crippen LogP contribution is 2.43. The number of rotatable bonds is 4. The number of hydrogen-bond donors (Lipinski definition) is 1. The molecule has 0 aliphatic carbocycles. The summed E-state index contributed by atoms with van der Waals surface area (Å²) in [5.41, 5.74) is -0.0147. The van der Waals surface area contributed by atoms with Crippen LogP contribution in [0.4, 0.5) is 23.2 Å². The molecule has 150 valence electrons. The van der Waals surface area contributed by atoms with Gasteiger partial charge in [-0.2, -0.15) is 0 Å². The summed E-state index contributed by atoms with van der Waals surface area (Å²) in [4.78, 5) is 29.0. The first-order valence-electron chi connectivity index (χ1n) is 8.16. The number of halogens is 4. The molecular weight excluding hydrogens is 432 g/mol. The second-order valence-corrected chi connectivity index (χ2v) is 8.50. The molecule has 2 aromatic carbocycles. The molecular formula is C18H10F4N2O3S2. The average molecular weight is 442 g/mol. The number of hydrogen-bond acceptors (Lipinski definition) is 5. The molecule has 11 heteroatoms. The zero-order chi connectivity index (χ0) is 20.9. The number of carboxylic acid groups (broad SMARTS) is 1. The van der Waals surface area contributed by atoms with Crippen molar-refractivity contribution >= 4 is 50.9 Å². The Bertz CT molecular complexity index is 1170. The maximum Gasteiger partial charge on any atom is 0.305 e. The molecule has 0 fully saturated rings. The number of nitrogens with zero attached hydrogens (tertiary/aromatic N) is 2. The van der Waals surface area contributed by atoms with Crippen molar-refractivity contribution in [3.63, 3.8) is 0 Å². The number of carboxylic acids is 1. The van der Waals surface area contributed by atoms with Crippen molar-refractivity contribution in [1.29, 1.82) is 0 Å². The summed E-state index contributed by atoms with van der Waals surface area (Å²) < 4.78 is 55.5. The topological polar surface area (TPSA) is 70.5 Å². The lowest BCUT2D eigenvalue weighted by Crippen LogP contribution is -2.41. The Kier molecular flexibility index (Phi) is 4.95. The van der Waals surface area contributed by atoms with Gasteiger partial charge >= 0.3 is 5.97 Å². The molecule has 0 saturated carbocycles. The molecule has 3 aromatic rings. The number of fused-ring (bicyclic) bond motifs is 2. The van der Waals surface area contributed by atoms with Crippen LogP contribution < -0.4 is 4.90 Å². The van der Waals surface area contributed by atoms with E-state index in [0.29, 0.717) is 23.9 Å². The molecule has 1 amide bonds. The first kappa shape index (κ1) is 19.6. The quantitative estimate of drug-likeness (QED) is 0.609. The van der Waals surface area contributed by atoms with E-state index >= 15 is 0 Å². The van der Waals surface area contributed by atoms with Gasteiger partial charge in [0.05, 0.1) is 39.0 Å². The van der Waals surface area contributed by atoms with Gasteiger partial charge in [0, 0.05) is 18.2 Å². The lowest BCUT2D eigenvalue weighted by molar-refractivity contribution is -0.138. The minimum atomic E-state index is -1.25. The number of aliphatic carboxylic acids is 1. The monoisotopic (exact) mass is 442 g/mol. The smallest absolute Gasteiger partial charge is 0.305 e. The van der Waals surface area contributed by atoms with Crippen molar-refractivity contribution in [1.82, 2.24) is 4.98 Å². The molecule has 1 N–H and O–H groups in total. The number of carbonyl (C=O) groups excluding carboxylic acids is 1. The van der Waals surface area contributed by atoms with E-state index in [-0.39, 0.29) is 32.4 Å². The van der Waals surface area contributed by atoms with E-state index in [4.69, 9.17) is 5.11 Å². The summed E-state index contributed by atoms with van der Waals surface area (Å²) in [6.45, 7) is -0.272. The summed E-state index contributed by atoms with van der Waals surface area (Å²) in [5.74, 6) is -5.37. The predicted octanol–water partition coefficient (Wildman–Crippen LogP) is 4.33. The van der Waals surface area contributed by atoms with Crippen LogP contribution in [-0.2, 0) is 16.1 Å². The van der Waals surface area contributed by atoms with Gasteiger partial charge in [-0.3, -0.25) is 9.59 Å². The van der Waals surface area contributed by atoms with E-state index in [1.54, 1.807) is 0 Å². The zero-order valence-electron chi connectivity index (χ0n) is 14.3. The normalized spacial score (nSPS) is 16.3. The number of aromatic nitrogens is 1. The minimum absolute atomic E-state index is 0.0501. The van der Waals surface area contributed by atoms with E-state index in [2.05, 4.69) is 4.98 Å². The van der Waals surface area contributed by atoms with Gasteiger partial charge in [0.1, 0.15) is 28.3 Å². The Hall–Kier alpha value is -2.66. The Labute approximate surface area is 169 Å². The van der Waals surface area contributed by atoms with Crippen LogP contribution in [-0.4, -0.2) is 27.2 Å². The van der Waals surface area contributed by atoms with Crippen LogP contribution in [0.25, 0.3) is 10.2 Å². The Morgan fingerprint density at radius 1 is 1.10 bits per heavy atom. The second kappa shape index (κ2) is 7.30. The third-order valence-corrected chi connectivity index (χ3v) is 6.55. The van der Waals surface area contributed by atoms with E-state index in [1.165, 1.54) is 0 Å². The van der Waals surface area contributed by atoms with Crippen molar-refractivity contribution < 1.29 is 32.3 Å². The van der Waals surface area contributed by atoms with Gasteiger partial charge < -0.3 is 10.0 Å². The maximum absolute atomic E-state index is 14.3. The van der Waals surface area contributed by atoms with Gasteiger partial charge in [0.25, 0.3) is 0 Å². The Morgan fingerprint density at radius 3 is 2.52 bits per heavy atom. The second-order valence-electron chi connectivity index (χ2n) is 6.21. The molecule has 0 bridgehead atoms. The molecule has 1 aliphatic heterocycles. The fourth-order valence-corrected chi connectivity index (χ4v) is 5.15. The van der Waals surface area contributed by atoms with E-state index in [9.17, 15) is 27.2 Å². The molecule has 5 nitrogen and oxygen atoms in total. The number of amides is 1. The van der Waals surface area contributed by atoms with E-state index in [1.807, 2.05) is 0 Å². The molecule has 1 aromatic heterocycles. The molecule has 0 saturated heterocycles. The SMILES string of the molecule is O=C(O)CC1Sc2c(F)cc(F)cc2N(Cc2nc3cc(F)cc(F)c3s2)C1=O. The summed E-state index contributed by atoms with van der Waals surface area (Å²) >= 11 is 1.58. The number of anilines is 1. The molecule has 0 spiro atoms. The lowest BCUT2D eigenvalue weighted by Gasteiger charge is -2.32. The van der Waals surface area contributed by atoms with Crippen LogP contribution in [0.5, 0.6) is 0 Å². The van der Waals surface area contributed by atoms with E-state index < -0.39 is 46.8 Å². The van der Waals surface area contributed by atoms with Gasteiger partial charge in [-0.1, -0.05) is 0 Å². The molecule has 1 aliphatic rings. The molecule has 1 atom stereocenters. The van der Waals surface area contributed by atoms with E-state index in [0.717, 1.165) is 28.4 Å². The van der Waals surface area contributed by atoms with Gasteiger partial charge in [0.2, 0.25) is 5.91 Å². The first-order valence-corrected chi connectivity index (χ1v) is 9.86. The van der Waals surface area contributed by atoms with Crippen molar-refractivity contribution in [2.45, 2.75) is 23.1 Å². The van der Waals surface area contributed by atoms with Crippen molar-refractivity contribution in [2.75, 3.05) is 4.90 Å². The highest BCUT2D eigenvalue weighted by Gasteiger charge is 2.37. The van der Waals surface area contributed by atoms with Crippen LogP contribution in [0.15, 0.2) is 29.2 Å². The molecule has 1 unspecified atom stereocenters. The Balaban J connectivity index is 1.78. The lowest BCUT2D eigenvalue weighted by atomic mass is 10.2. The third kappa shape index (κ3) is 3.67. The number of thioether (sulfide) groups is 1. The van der Waals surface area contributed by atoms with Gasteiger partial charge in [0.15, 0.2) is 0 Å². The maximum atomic E-state index is 14.3. The number of carbonyl (C=O) groups is 2. The van der Waals surface area contributed by atoms with Crippen molar-refractivity contribution in [2.24, 2.45) is 0 Å². The van der Waals surface area contributed by atoms with Crippen LogP contribution in [0.2, 0.25) is 0 Å². The van der Waals surface area contributed by atoms with Crippen molar-refractivity contribution in [3.05, 3.63) is 52.5 Å². The van der Waals surface area contributed by atoms with Crippen LogP contribution in [0.3, 0.4) is 0 Å². The highest BCUT2D eigenvalue weighted by molar-refractivity contribution is 8.01. The van der Waals surface area contributed by atoms with Crippen LogP contribution >= 0.6 is 23.1 Å². The highest BCUT2D eigenvalue weighted by atomic mass is 32.2. The first-order chi connectivity index (χ1) is 13.7. The summed E-state index contributed by atoms with van der Waals surface area (Å²) in [7, 11) is 0. The van der Waals surface area contributed by atoms with Crippen LogP contribution in [0, 0.1) is 23.3 Å². The largest absolute Gasteiger partial charge is 0.481 e. The number of benzene rings is 2. The number of thiazole rings is 1. The van der Waals surface area contributed by atoms with Gasteiger partial charge in [-0.15, -0.1) is 23.1 Å².